The summed E-state index contributed by atoms with van der Waals surface area (Å²) in [5, 5.41) is 7.68. The highest BCUT2D eigenvalue weighted by Crippen LogP contribution is 2.21. The second-order valence-corrected chi connectivity index (χ2v) is 3.81. The van der Waals surface area contributed by atoms with Gasteiger partial charge in [0.15, 0.2) is 0 Å². The molecule has 1 aromatic carbocycles. The summed E-state index contributed by atoms with van der Waals surface area (Å²) in [6, 6.07) is 4.36. The second-order valence-electron chi connectivity index (χ2n) is 2.95. The summed E-state index contributed by atoms with van der Waals surface area (Å²) < 4.78 is 15.2. The van der Waals surface area contributed by atoms with Gasteiger partial charge in [0.25, 0.3) is 0 Å². The molecule has 4 nitrogen and oxygen atoms in total. The first-order chi connectivity index (χ1) is 7.20. The Hall–Kier alpha value is -1.27. The number of hydrogen-bond acceptors (Lipinski definition) is 3. The van der Waals surface area contributed by atoms with Gasteiger partial charge in [0, 0.05) is 17.1 Å². The van der Waals surface area contributed by atoms with Crippen molar-refractivity contribution in [2.24, 2.45) is 5.73 Å². The molecular formula is C9H8BrFN4. The van der Waals surface area contributed by atoms with Gasteiger partial charge in [-0.25, -0.2) is 9.07 Å². The summed E-state index contributed by atoms with van der Waals surface area (Å²) in [7, 11) is 0. The highest BCUT2D eigenvalue weighted by atomic mass is 79.9. The molecule has 0 fully saturated rings. The van der Waals surface area contributed by atoms with E-state index >= 15 is 0 Å². The summed E-state index contributed by atoms with van der Waals surface area (Å²) in [5.74, 6) is -0.321. The van der Waals surface area contributed by atoms with Gasteiger partial charge < -0.3 is 5.73 Å². The van der Waals surface area contributed by atoms with Crippen molar-refractivity contribution in [2.75, 3.05) is 0 Å². The van der Waals surface area contributed by atoms with Crippen molar-refractivity contribution in [3.05, 3.63) is 40.4 Å². The number of nitrogens with two attached hydrogens (primary N) is 1. The fourth-order valence-corrected chi connectivity index (χ4v) is 1.60. The van der Waals surface area contributed by atoms with Gasteiger partial charge in [-0.1, -0.05) is 5.21 Å². The molecule has 0 aliphatic heterocycles. The highest BCUT2D eigenvalue weighted by molar-refractivity contribution is 9.10. The molecule has 0 bridgehead atoms. The van der Waals surface area contributed by atoms with Crippen LogP contribution in [0.4, 0.5) is 4.39 Å². The number of rotatable bonds is 2. The maximum atomic E-state index is 13.0. The van der Waals surface area contributed by atoms with Crippen LogP contribution in [0.5, 0.6) is 0 Å². The van der Waals surface area contributed by atoms with Gasteiger partial charge in [-0.05, 0) is 28.1 Å². The first kappa shape index (κ1) is 10.3. The minimum absolute atomic E-state index is 0.312. The largest absolute Gasteiger partial charge is 0.325 e. The maximum Gasteiger partial charge on any atom is 0.125 e. The zero-order valence-electron chi connectivity index (χ0n) is 7.69. The fourth-order valence-electron chi connectivity index (χ4n) is 1.17. The summed E-state index contributed by atoms with van der Waals surface area (Å²) >= 11 is 3.31. The molecule has 2 rings (SSSR count). The Balaban J connectivity index is 2.48. The molecule has 1 heterocycles. The lowest BCUT2D eigenvalue weighted by Gasteiger charge is -2.02. The maximum absolute atomic E-state index is 13.0. The van der Waals surface area contributed by atoms with Gasteiger partial charge in [-0.3, -0.25) is 0 Å². The van der Waals surface area contributed by atoms with Crippen LogP contribution >= 0.6 is 15.9 Å². The SMILES string of the molecule is NCc1cn(-c2cc(F)ccc2Br)nn1. The smallest absolute Gasteiger partial charge is 0.125 e. The van der Waals surface area contributed by atoms with Crippen LogP contribution in [0.15, 0.2) is 28.9 Å². The van der Waals surface area contributed by atoms with Crippen molar-refractivity contribution in [1.29, 1.82) is 0 Å². The van der Waals surface area contributed by atoms with Gasteiger partial charge in [0.2, 0.25) is 0 Å². The Morgan fingerprint density at radius 2 is 2.27 bits per heavy atom. The monoisotopic (exact) mass is 270 g/mol. The van der Waals surface area contributed by atoms with Gasteiger partial charge >= 0.3 is 0 Å². The van der Waals surface area contributed by atoms with Gasteiger partial charge in [-0.15, -0.1) is 5.10 Å². The molecule has 0 aliphatic rings. The molecule has 0 saturated heterocycles. The Morgan fingerprint density at radius 3 is 2.93 bits per heavy atom. The topological polar surface area (TPSA) is 56.7 Å². The lowest BCUT2D eigenvalue weighted by molar-refractivity contribution is 0.624. The van der Waals surface area contributed by atoms with Crippen LogP contribution in [0.1, 0.15) is 5.69 Å². The van der Waals surface area contributed by atoms with Crippen LogP contribution < -0.4 is 5.73 Å². The Morgan fingerprint density at radius 1 is 1.47 bits per heavy atom. The molecule has 0 atom stereocenters. The van der Waals surface area contributed by atoms with Crippen molar-refractivity contribution in [2.45, 2.75) is 6.54 Å². The molecule has 1 aromatic heterocycles. The zero-order valence-corrected chi connectivity index (χ0v) is 9.28. The highest BCUT2D eigenvalue weighted by Gasteiger charge is 2.06. The van der Waals surface area contributed by atoms with E-state index in [0.29, 0.717) is 17.9 Å². The molecule has 6 heteroatoms. The molecule has 0 saturated carbocycles. The summed E-state index contributed by atoms with van der Waals surface area (Å²) in [6.07, 6.45) is 1.67. The van der Waals surface area contributed by atoms with E-state index in [-0.39, 0.29) is 5.82 Å². The van der Waals surface area contributed by atoms with Crippen LogP contribution in [-0.4, -0.2) is 15.0 Å². The quantitative estimate of drug-likeness (QED) is 0.903. The third-order valence-corrected chi connectivity index (χ3v) is 2.58. The Kier molecular flexibility index (Phi) is 2.79. The average molecular weight is 271 g/mol. The first-order valence-corrected chi connectivity index (χ1v) is 5.06. The van der Waals surface area contributed by atoms with Gasteiger partial charge in [0.1, 0.15) is 5.82 Å². The van der Waals surface area contributed by atoms with Crippen molar-refractivity contribution in [3.63, 3.8) is 0 Å². The second kappa shape index (κ2) is 4.08. The number of nitrogens with zero attached hydrogens (tertiary/aromatic N) is 3. The van der Waals surface area contributed by atoms with E-state index in [1.807, 2.05) is 0 Å². The van der Waals surface area contributed by atoms with E-state index in [0.717, 1.165) is 4.47 Å². The molecule has 2 aromatic rings. The molecule has 0 radical (unpaired) electrons. The normalized spacial score (nSPS) is 10.6. The van der Waals surface area contributed by atoms with Crippen LogP contribution in [0.3, 0.4) is 0 Å². The van der Waals surface area contributed by atoms with Crippen molar-refractivity contribution < 1.29 is 4.39 Å². The molecule has 0 aliphatic carbocycles. The minimum atomic E-state index is -0.321. The third kappa shape index (κ3) is 2.05. The van der Waals surface area contributed by atoms with Crippen molar-refractivity contribution in [1.82, 2.24) is 15.0 Å². The first-order valence-electron chi connectivity index (χ1n) is 4.27. The van der Waals surface area contributed by atoms with Gasteiger partial charge in [0.05, 0.1) is 17.6 Å². The van der Waals surface area contributed by atoms with Crippen molar-refractivity contribution in [3.8, 4) is 5.69 Å². The summed E-state index contributed by atoms with van der Waals surface area (Å²) in [6.45, 7) is 0.312. The van der Waals surface area contributed by atoms with E-state index in [2.05, 4.69) is 26.2 Å². The molecule has 78 valence electrons. The van der Waals surface area contributed by atoms with Crippen LogP contribution in [-0.2, 0) is 6.54 Å². The van der Waals surface area contributed by atoms with E-state index < -0.39 is 0 Å². The Labute approximate surface area is 94.0 Å². The number of hydrogen-bond donors (Lipinski definition) is 1. The Bertz CT molecular complexity index is 483. The van der Waals surface area contributed by atoms with E-state index in [9.17, 15) is 4.39 Å². The molecule has 0 unspecified atom stereocenters. The molecule has 0 amide bonds. The van der Waals surface area contributed by atoms with E-state index in [1.165, 1.54) is 16.8 Å². The molecule has 0 spiro atoms. The van der Waals surface area contributed by atoms with Crippen LogP contribution in [0.25, 0.3) is 5.69 Å². The van der Waals surface area contributed by atoms with Crippen LogP contribution in [0.2, 0.25) is 0 Å². The predicted molar refractivity (Wildman–Crippen MR) is 56.9 cm³/mol. The van der Waals surface area contributed by atoms with Crippen LogP contribution in [0, 0.1) is 5.82 Å². The standard InChI is InChI=1S/C9H8BrFN4/c10-8-2-1-6(11)3-9(8)15-5-7(4-12)13-14-15/h1-3,5H,4,12H2. The van der Waals surface area contributed by atoms with Crippen molar-refractivity contribution >= 4 is 15.9 Å². The zero-order chi connectivity index (χ0) is 10.8. The number of halogens is 2. The average Bonchev–Trinajstić information content (AvgIpc) is 2.70. The molecule has 15 heavy (non-hydrogen) atoms. The molecule has 2 N–H and O–H groups in total. The number of aromatic nitrogens is 3. The lowest BCUT2D eigenvalue weighted by atomic mass is 10.3. The number of benzene rings is 1. The van der Waals surface area contributed by atoms with E-state index in [4.69, 9.17) is 5.73 Å². The lowest BCUT2D eigenvalue weighted by Crippen LogP contribution is -1.97. The van der Waals surface area contributed by atoms with Gasteiger partial charge in [-0.2, -0.15) is 0 Å². The van der Waals surface area contributed by atoms with E-state index in [1.54, 1.807) is 12.3 Å². The third-order valence-electron chi connectivity index (χ3n) is 1.90. The predicted octanol–water partition coefficient (Wildman–Crippen LogP) is 1.63. The summed E-state index contributed by atoms with van der Waals surface area (Å²) in [5.41, 5.74) is 6.67. The summed E-state index contributed by atoms with van der Waals surface area (Å²) in [4.78, 5) is 0. The fraction of sp³-hybridized carbons (Fsp3) is 0.111. The minimum Gasteiger partial charge on any atom is -0.325 e. The molecular weight excluding hydrogens is 263 g/mol.